The van der Waals surface area contributed by atoms with Crippen LogP contribution < -0.4 is 5.32 Å². The molecule has 0 aliphatic carbocycles. The molecule has 1 heterocycles. The van der Waals surface area contributed by atoms with Crippen LogP contribution in [0.4, 0.5) is 13.2 Å². The van der Waals surface area contributed by atoms with Gasteiger partial charge in [0.1, 0.15) is 0 Å². The zero-order valence-electron chi connectivity index (χ0n) is 11.3. The van der Waals surface area contributed by atoms with Crippen LogP contribution in [0, 0.1) is 17.5 Å². The maximum Gasteiger partial charge on any atom is 0.251 e. The van der Waals surface area contributed by atoms with Gasteiger partial charge in [-0.25, -0.2) is 13.2 Å². The zero-order valence-corrected chi connectivity index (χ0v) is 11.3. The second-order valence-electron chi connectivity index (χ2n) is 4.89. The number of halogens is 3. The molecule has 1 saturated heterocycles. The molecule has 1 unspecified atom stereocenters. The summed E-state index contributed by atoms with van der Waals surface area (Å²) < 4.78 is 38.9. The number of hydrogen-bond donors (Lipinski definition) is 1. The van der Waals surface area contributed by atoms with Gasteiger partial charge in [-0.05, 0) is 38.1 Å². The van der Waals surface area contributed by atoms with E-state index in [0.717, 1.165) is 25.9 Å². The first-order valence-electron chi connectivity index (χ1n) is 6.69. The third-order valence-corrected chi connectivity index (χ3v) is 3.65. The average Bonchev–Trinajstić information content (AvgIpc) is 2.89. The molecule has 2 rings (SSSR count). The number of hydrogen-bond acceptors (Lipinski definition) is 2. The average molecular weight is 286 g/mol. The first-order valence-corrected chi connectivity index (χ1v) is 6.69. The predicted octanol–water partition coefficient (Wildman–Crippen LogP) is 2.32. The number of nitrogens with one attached hydrogen (secondary N) is 1. The third-order valence-electron chi connectivity index (χ3n) is 3.65. The van der Waals surface area contributed by atoms with Crippen molar-refractivity contribution in [3.63, 3.8) is 0 Å². The largest absolute Gasteiger partial charge is 0.350 e. The molecule has 1 aliphatic heterocycles. The van der Waals surface area contributed by atoms with Gasteiger partial charge in [0.25, 0.3) is 5.91 Å². The van der Waals surface area contributed by atoms with Crippen molar-refractivity contribution in [2.75, 3.05) is 19.6 Å². The third kappa shape index (κ3) is 3.12. The molecule has 1 aliphatic rings. The molecule has 1 fully saturated rings. The summed E-state index contributed by atoms with van der Waals surface area (Å²) in [6, 6.07) is 1.67. The Balaban J connectivity index is 1.98. The zero-order chi connectivity index (χ0) is 14.7. The van der Waals surface area contributed by atoms with Gasteiger partial charge in [0, 0.05) is 18.2 Å². The van der Waals surface area contributed by atoms with Crippen LogP contribution in [0.1, 0.15) is 30.1 Å². The quantitative estimate of drug-likeness (QED) is 0.862. The summed E-state index contributed by atoms with van der Waals surface area (Å²) in [5.74, 6) is -4.86. The van der Waals surface area contributed by atoms with Crippen molar-refractivity contribution in [2.45, 2.75) is 25.8 Å². The van der Waals surface area contributed by atoms with E-state index in [4.69, 9.17) is 0 Å². The minimum Gasteiger partial charge on any atom is -0.350 e. The molecule has 0 spiro atoms. The van der Waals surface area contributed by atoms with Crippen molar-refractivity contribution < 1.29 is 18.0 Å². The first-order chi connectivity index (χ1) is 9.52. The summed E-state index contributed by atoms with van der Waals surface area (Å²) in [6.07, 6.45) is 2.06. The fraction of sp³-hybridized carbons (Fsp3) is 0.500. The Morgan fingerprint density at radius 3 is 2.60 bits per heavy atom. The Kier molecular flexibility index (Phi) is 4.65. The molecule has 20 heavy (non-hydrogen) atoms. The summed E-state index contributed by atoms with van der Waals surface area (Å²) in [7, 11) is 0. The van der Waals surface area contributed by atoms with Crippen molar-refractivity contribution in [2.24, 2.45) is 0 Å². The molecule has 0 aromatic heterocycles. The summed E-state index contributed by atoms with van der Waals surface area (Å²) in [5.41, 5.74) is -0.206. The lowest BCUT2D eigenvalue weighted by Gasteiger charge is -2.22. The summed E-state index contributed by atoms with van der Waals surface area (Å²) in [6.45, 7) is 4.37. The van der Waals surface area contributed by atoms with Gasteiger partial charge in [-0.2, -0.15) is 0 Å². The smallest absolute Gasteiger partial charge is 0.251 e. The molecular weight excluding hydrogens is 269 g/mol. The molecular formula is C14H17F3N2O. The van der Waals surface area contributed by atoms with E-state index in [1.165, 1.54) is 0 Å². The monoisotopic (exact) mass is 286 g/mol. The van der Waals surface area contributed by atoms with Crippen molar-refractivity contribution in [3.05, 3.63) is 35.1 Å². The minimum atomic E-state index is -1.56. The predicted molar refractivity (Wildman–Crippen MR) is 68.9 cm³/mol. The van der Waals surface area contributed by atoms with Crippen LogP contribution in [0.15, 0.2) is 12.1 Å². The van der Waals surface area contributed by atoms with Crippen molar-refractivity contribution in [1.29, 1.82) is 0 Å². The topological polar surface area (TPSA) is 32.3 Å². The lowest BCUT2D eigenvalue weighted by Crippen LogP contribution is -2.40. The molecule has 1 aromatic carbocycles. The Hall–Kier alpha value is -1.56. The molecule has 0 bridgehead atoms. The number of carbonyl (C=O) groups excluding carboxylic acids is 1. The molecule has 6 heteroatoms. The van der Waals surface area contributed by atoms with Gasteiger partial charge in [-0.15, -0.1) is 0 Å². The van der Waals surface area contributed by atoms with Crippen LogP contribution in [0.5, 0.6) is 0 Å². The van der Waals surface area contributed by atoms with E-state index in [2.05, 4.69) is 10.2 Å². The van der Waals surface area contributed by atoms with Gasteiger partial charge in [0.05, 0.1) is 0 Å². The van der Waals surface area contributed by atoms with E-state index >= 15 is 0 Å². The van der Waals surface area contributed by atoms with E-state index in [0.29, 0.717) is 18.7 Å². The minimum absolute atomic E-state index is 0.206. The summed E-state index contributed by atoms with van der Waals surface area (Å²) in [4.78, 5) is 14.1. The Labute approximate surface area is 115 Å². The van der Waals surface area contributed by atoms with Crippen LogP contribution in [-0.2, 0) is 0 Å². The first kappa shape index (κ1) is 14.8. The second kappa shape index (κ2) is 6.26. The van der Waals surface area contributed by atoms with Gasteiger partial charge >= 0.3 is 0 Å². The molecule has 110 valence electrons. The van der Waals surface area contributed by atoms with Gasteiger partial charge in [-0.1, -0.05) is 6.92 Å². The van der Waals surface area contributed by atoms with E-state index < -0.39 is 23.4 Å². The molecule has 1 atom stereocenters. The van der Waals surface area contributed by atoms with E-state index in [-0.39, 0.29) is 11.6 Å². The van der Waals surface area contributed by atoms with Gasteiger partial charge < -0.3 is 5.32 Å². The summed E-state index contributed by atoms with van der Waals surface area (Å²) in [5, 5.41) is 2.64. The lowest BCUT2D eigenvalue weighted by atomic mass is 10.1. The number of likely N-dealkylation sites (tertiary alicyclic amines) is 1. The van der Waals surface area contributed by atoms with E-state index in [1.807, 2.05) is 6.92 Å². The highest BCUT2D eigenvalue weighted by Crippen LogP contribution is 2.16. The maximum absolute atomic E-state index is 13.1. The standard InChI is InChI=1S/C14H17F3N2O/c1-2-19-5-3-4-10(19)8-18-14(20)9-6-11(15)13(17)12(16)7-9/h6-7,10H,2-5,8H2,1H3,(H,18,20). The SMILES string of the molecule is CCN1CCCC1CNC(=O)c1cc(F)c(F)c(F)c1. The normalized spacial score (nSPS) is 19.3. The Morgan fingerprint density at radius 1 is 1.35 bits per heavy atom. The van der Waals surface area contributed by atoms with Crippen LogP contribution in [0.3, 0.4) is 0 Å². The molecule has 1 amide bonds. The fourth-order valence-corrected chi connectivity index (χ4v) is 2.54. The molecule has 1 N–H and O–H groups in total. The van der Waals surface area contributed by atoms with Crippen molar-refractivity contribution in [1.82, 2.24) is 10.2 Å². The van der Waals surface area contributed by atoms with Gasteiger partial charge in [0.2, 0.25) is 0 Å². The number of amides is 1. The number of nitrogens with zero attached hydrogens (tertiary/aromatic N) is 1. The second-order valence-corrected chi connectivity index (χ2v) is 4.89. The number of benzene rings is 1. The highest BCUT2D eigenvalue weighted by Gasteiger charge is 2.23. The van der Waals surface area contributed by atoms with E-state index in [1.54, 1.807) is 0 Å². The number of carbonyl (C=O) groups is 1. The lowest BCUT2D eigenvalue weighted by molar-refractivity contribution is 0.0940. The highest BCUT2D eigenvalue weighted by atomic mass is 19.2. The number of rotatable bonds is 4. The van der Waals surface area contributed by atoms with Crippen molar-refractivity contribution in [3.8, 4) is 0 Å². The maximum atomic E-state index is 13.1. The fourth-order valence-electron chi connectivity index (χ4n) is 2.54. The molecule has 1 aromatic rings. The van der Waals surface area contributed by atoms with Crippen LogP contribution >= 0.6 is 0 Å². The molecule has 3 nitrogen and oxygen atoms in total. The van der Waals surface area contributed by atoms with E-state index in [9.17, 15) is 18.0 Å². The van der Waals surface area contributed by atoms with Crippen molar-refractivity contribution >= 4 is 5.91 Å². The molecule has 0 radical (unpaired) electrons. The summed E-state index contributed by atoms with van der Waals surface area (Å²) >= 11 is 0. The van der Waals surface area contributed by atoms with Crippen LogP contribution in [0.2, 0.25) is 0 Å². The van der Waals surface area contributed by atoms with Crippen LogP contribution in [-0.4, -0.2) is 36.5 Å². The van der Waals surface area contributed by atoms with Gasteiger partial charge in [0.15, 0.2) is 17.5 Å². The number of likely N-dealkylation sites (N-methyl/N-ethyl adjacent to an activating group) is 1. The molecule has 0 saturated carbocycles. The Bertz CT molecular complexity index is 484. The van der Waals surface area contributed by atoms with Crippen LogP contribution in [0.25, 0.3) is 0 Å². The Morgan fingerprint density at radius 2 is 2.00 bits per heavy atom. The highest BCUT2D eigenvalue weighted by molar-refractivity contribution is 5.94. The van der Waals surface area contributed by atoms with Gasteiger partial charge in [-0.3, -0.25) is 9.69 Å².